The molecular weight excluding hydrogens is 168 g/mol. The summed E-state index contributed by atoms with van der Waals surface area (Å²) in [5.41, 5.74) is 4.90. The van der Waals surface area contributed by atoms with Gasteiger partial charge in [-0.3, -0.25) is 0 Å². The van der Waals surface area contributed by atoms with Crippen molar-refractivity contribution in [3.8, 4) is 11.8 Å². The van der Waals surface area contributed by atoms with Gasteiger partial charge in [-0.15, -0.1) is 5.92 Å². The van der Waals surface area contributed by atoms with E-state index in [0.717, 1.165) is 24.0 Å². The molecule has 0 aromatic heterocycles. The Morgan fingerprint density at radius 3 is 2.14 bits per heavy atom. The first-order chi connectivity index (χ1) is 6.49. The van der Waals surface area contributed by atoms with E-state index < -0.39 is 0 Å². The van der Waals surface area contributed by atoms with Crippen molar-refractivity contribution in [1.82, 2.24) is 0 Å². The average molecular weight is 188 g/mol. The molecule has 0 heterocycles. The van der Waals surface area contributed by atoms with Gasteiger partial charge in [0.1, 0.15) is 0 Å². The van der Waals surface area contributed by atoms with E-state index in [-0.39, 0.29) is 0 Å². The van der Waals surface area contributed by atoms with Gasteiger partial charge in [-0.2, -0.15) is 0 Å². The van der Waals surface area contributed by atoms with E-state index in [1.54, 1.807) is 0 Å². The second kappa shape index (κ2) is 6.27. The summed E-state index contributed by atoms with van der Waals surface area (Å²) in [5, 5.41) is 0. The number of allylic oxidation sites excluding steroid dienone is 4. The Bertz CT molecular complexity index is 316. The van der Waals surface area contributed by atoms with Crippen LogP contribution in [0.25, 0.3) is 0 Å². The van der Waals surface area contributed by atoms with Crippen LogP contribution in [-0.4, -0.2) is 0 Å². The van der Waals surface area contributed by atoms with Gasteiger partial charge in [-0.25, -0.2) is 0 Å². The van der Waals surface area contributed by atoms with E-state index in [9.17, 15) is 0 Å². The third-order valence-electron chi connectivity index (χ3n) is 2.22. The first-order valence-corrected chi connectivity index (χ1v) is 4.87. The topological polar surface area (TPSA) is 0 Å². The molecule has 0 fully saturated rings. The van der Waals surface area contributed by atoms with Crippen LogP contribution in [0.3, 0.4) is 0 Å². The van der Waals surface area contributed by atoms with Gasteiger partial charge in [0, 0.05) is 6.42 Å². The molecule has 0 rings (SSSR count). The maximum atomic E-state index is 4.06. The summed E-state index contributed by atoms with van der Waals surface area (Å²) < 4.78 is 0. The van der Waals surface area contributed by atoms with Gasteiger partial charge in [0.2, 0.25) is 0 Å². The van der Waals surface area contributed by atoms with Crippen molar-refractivity contribution >= 4 is 0 Å². The highest BCUT2D eigenvalue weighted by Gasteiger charge is 2.01. The zero-order valence-corrected chi connectivity index (χ0v) is 9.83. The molecule has 14 heavy (non-hydrogen) atoms. The molecule has 0 atom stereocenters. The Hall–Kier alpha value is -1.22. The van der Waals surface area contributed by atoms with Crippen LogP contribution < -0.4 is 0 Å². The minimum atomic E-state index is 0.845. The summed E-state index contributed by atoms with van der Waals surface area (Å²) in [6.07, 6.45) is 1.74. The largest absolute Gasteiger partial charge is 0.106 e. The van der Waals surface area contributed by atoms with Crippen LogP contribution in [0.5, 0.6) is 0 Å². The molecule has 0 spiro atoms. The van der Waals surface area contributed by atoms with Crippen molar-refractivity contribution < 1.29 is 0 Å². The van der Waals surface area contributed by atoms with E-state index in [4.69, 9.17) is 0 Å². The Labute approximate surface area is 88.4 Å². The molecule has 0 heteroatoms. The van der Waals surface area contributed by atoms with Gasteiger partial charge in [-0.05, 0) is 45.3 Å². The fourth-order valence-electron chi connectivity index (χ4n) is 1.15. The molecule has 0 aliphatic rings. The Morgan fingerprint density at radius 2 is 1.71 bits per heavy atom. The molecule has 0 aliphatic heterocycles. The van der Waals surface area contributed by atoms with Crippen LogP contribution in [0.15, 0.2) is 35.5 Å². The molecule has 0 amide bonds. The smallest absolute Gasteiger partial charge is 0.0302 e. The third-order valence-corrected chi connectivity index (χ3v) is 2.22. The summed E-state index contributed by atoms with van der Waals surface area (Å²) in [4.78, 5) is 0. The van der Waals surface area contributed by atoms with Crippen LogP contribution in [0.1, 0.15) is 40.5 Å². The van der Waals surface area contributed by atoms with E-state index in [2.05, 4.69) is 38.8 Å². The monoisotopic (exact) mass is 188 g/mol. The minimum Gasteiger partial charge on any atom is -0.106 e. The Morgan fingerprint density at radius 1 is 1.14 bits per heavy atom. The predicted molar refractivity (Wildman–Crippen MR) is 65.0 cm³/mol. The molecule has 0 aromatic carbocycles. The lowest BCUT2D eigenvalue weighted by molar-refractivity contribution is 1.08. The van der Waals surface area contributed by atoms with Gasteiger partial charge >= 0.3 is 0 Å². The molecule has 76 valence electrons. The SMILES string of the molecule is C=C(C)CC(=C)/C(C)=C(\C)CC#CC. The maximum Gasteiger partial charge on any atom is 0.0302 e. The molecule has 0 nitrogen and oxygen atoms in total. The standard InChI is InChI=1S/C14H20/c1-7-8-9-12(4)14(6)13(5)10-11(2)3/h2,5,9-10H2,1,3-4,6H3/b14-12+. The predicted octanol–water partition coefficient (Wildman–Crippen LogP) is 4.26. The highest BCUT2D eigenvalue weighted by molar-refractivity contribution is 5.34. The van der Waals surface area contributed by atoms with E-state index in [1.807, 2.05) is 13.8 Å². The van der Waals surface area contributed by atoms with Gasteiger partial charge in [0.25, 0.3) is 0 Å². The molecule has 0 saturated heterocycles. The van der Waals surface area contributed by atoms with Gasteiger partial charge < -0.3 is 0 Å². The van der Waals surface area contributed by atoms with Crippen molar-refractivity contribution in [2.24, 2.45) is 0 Å². The van der Waals surface area contributed by atoms with Crippen LogP contribution >= 0.6 is 0 Å². The molecule has 0 bridgehead atoms. The Balaban J connectivity index is 4.53. The number of rotatable bonds is 4. The fraction of sp³-hybridized carbons (Fsp3) is 0.429. The lowest BCUT2D eigenvalue weighted by Gasteiger charge is -2.08. The fourth-order valence-corrected chi connectivity index (χ4v) is 1.15. The molecular formula is C14H20. The van der Waals surface area contributed by atoms with E-state index in [0.29, 0.717) is 0 Å². The molecule has 0 aliphatic carbocycles. The minimum absolute atomic E-state index is 0.845. The number of hydrogen-bond acceptors (Lipinski definition) is 0. The molecule has 0 unspecified atom stereocenters. The summed E-state index contributed by atoms with van der Waals surface area (Å²) in [5.74, 6) is 5.97. The quantitative estimate of drug-likeness (QED) is 0.351. The average Bonchev–Trinajstić information content (AvgIpc) is 2.11. The van der Waals surface area contributed by atoms with Gasteiger partial charge in [0.05, 0.1) is 0 Å². The van der Waals surface area contributed by atoms with Crippen molar-refractivity contribution in [1.29, 1.82) is 0 Å². The molecule has 0 N–H and O–H groups in total. The maximum absolute atomic E-state index is 4.06. The summed E-state index contributed by atoms with van der Waals surface area (Å²) in [6, 6.07) is 0. The van der Waals surface area contributed by atoms with Gasteiger partial charge in [-0.1, -0.05) is 30.2 Å². The Kier molecular flexibility index (Phi) is 5.72. The molecule has 0 saturated carbocycles. The highest BCUT2D eigenvalue weighted by Crippen LogP contribution is 2.20. The zero-order valence-electron chi connectivity index (χ0n) is 9.83. The first-order valence-electron chi connectivity index (χ1n) is 4.87. The lowest BCUT2D eigenvalue weighted by Crippen LogP contribution is -1.89. The van der Waals surface area contributed by atoms with E-state index in [1.165, 1.54) is 11.1 Å². The first kappa shape index (κ1) is 12.8. The molecule has 0 radical (unpaired) electrons. The van der Waals surface area contributed by atoms with Crippen molar-refractivity contribution in [3.05, 3.63) is 35.5 Å². The van der Waals surface area contributed by atoms with E-state index >= 15 is 0 Å². The summed E-state index contributed by atoms with van der Waals surface area (Å²) >= 11 is 0. The normalized spacial score (nSPS) is 11.1. The van der Waals surface area contributed by atoms with Crippen molar-refractivity contribution in [2.75, 3.05) is 0 Å². The van der Waals surface area contributed by atoms with Crippen LogP contribution in [0.4, 0.5) is 0 Å². The van der Waals surface area contributed by atoms with Gasteiger partial charge in [0.15, 0.2) is 0 Å². The highest BCUT2D eigenvalue weighted by atomic mass is 14.1. The zero-order chi connectivity index (χ0) is 11.1. The third kappa shape index (κ3) is 4.72. The molecule has 0 aromatic rings. The second-order valence-corrected chi connectivity index (χ2v) is 3.75. The van der Waals surface area contributed by atoms with Crippen LogP contribution in [0.2, 0.25) is 0 Å². The summed E-state index contributed by atoms with van der Waals surface area (Å²) in [6.45, 7) is 16.1. The lowest BCUT2D eigenvalue weighted by atomic mass is 9.97. The van der Waals surface area contributed by atoms with Crippen LogP contribution in [-0.2, 0) is 0 Å². The van der Waals surface area contributed by atoms with Crippen molar-refractivity contribution in [2.45, 2.75) is 40.5 Å². The van der Waals surface area contributed by atoms with Crippen LogP contribution in [0, 0.1) is 11.8 Å². The van der Waals surface area contributed by atoms with Crippen molar-refractivity contribution in [3.63, 3.8) is 0 Å². The number of hydrogen-bond donors (Lipinski definition) is 0. The second-order valence-electron chi connectivity index (χ2n) is 3.75. The summed E-state index contributed by atoms with van der Waals surface area (Å²) in [7, 11) is 0.